The highest BCUT2D eigenvalue weighted by atomic mass is 16.3. The van der Waals surface area contributed by atoms with E-state index in [0.717, 1.165) is 18.5 Å². The maximum Gasteiger partial charge on any atom is 0.0940 e. The molecule has 0 saturated carbocycles. The number of rotatable bonds is 8. The molecule has 0 aromatic heterocycles. The highest BCUT2D eigenvalue weighted by molar-refractivity contribution is 5.32. The van der Waals surface area contributed by atoms with Crippen LogP contribution in [0.4, 0.5) is 0 Å². The highest BCUT2D eigenvalue weighted by Gasteiger charge is 2.17. The molecule has 2 heteroatoms. The number of aliphatic hydroxyl groups excluding tert-OH is 1. The van der Waals surface area contributed by atoms with Crippen molar-refractivity contribution >= 4 is 0 Å². The van der Waals surface area contributed by atoms with Crippen molar-refractivity contribution in [2.45, 2.75) is 31.4 Å². The summed E-state index contributed by atoms with van der Waals surface area (Å²) < 4.78 is 0. The van der Waals surface area contributed by atoms with E-state index >= 15 is 0 Å². The monoisotopic (exact) mass is 345 g/mol. The molecule has 0 heterocycles. The van der Waals surface area contributed by atoms with E-state index in [9.17, 15) is 5.11 Å². The van der Waals surface area contributed by atoms with E-state index in [0.29, 0.717) is 5.92 Å². The minimum absolute atomic E-state index is 0.00426. The first-order chi connectivity index (χ1) is 12.8. The molecular formula is C24H27NO. The van der Waals surface area contributed by atoms with Crippen molar-refractivity contribution in [3.05, 3.63) is 108 Å². The molecule has 0 aliphatic carbocycles. The smallest absolute Gasteiger partial charge is 0.0940 e. The molecule has 0 fully saturated rings. The summed E-state index contributed by atoms with van der Waals surface area (Å²) in [6.07, 6.45) is 0.489. The Bertz CT molecular complexity index is 718. The molecular weight excluding hydrogens is 318 g/mol. The Kier molecular flexibility index (Phi) is 6.59. The Morgan fingerprint density at radius 1 is 0.692 bits per heavy atom. The predicted octanol–water partition coefficient (Wildman–Crippen LogP) is 4.92. The molecule has 134 valence electrons. The molecule has 0 spiro atoms. The number of hydrogen-bond donors (Lipinski definition) is 2. The highest BCUT2D eigenvalue weighted by Crippen LogP contribution is 2.27. The first kappa shape index (κ1) is 18.4. The molecule has 0 aliphatic rings. The van der Waals surface area contributed by atoms with Crippen LogP contribution in [-0.4, -0.2) is 17.7 Å². The summed E-state index contributed by atoms with van der Waals surface area (Å²) in [4.78, 5) is 0. The van der Waals surface area contributed by atoms with Crippen LogP contribution in [0.2, 0.25) is 0 Å². The second kappa shape index (κ2) is 9.33. The van der Waals surface area contributed by atoms with Crippen molar-refractivity contribution in [1.29, 1.82) is 0 Å². The van der Waals surface area contributed by atoms with Crippen LogP contribution in [0.5, 0.6) is 0 Å². The van der Waals surface area contributed by atoms with Crippen molar-refractivity contribution in [2.75, 3.05) is 6.54 Å². The fourth-order valence-corrected chi connectivity index (χ4v) is 3.40. The predicted molar refractivity (Wildman–Crippen MR) is 108 cm³/mol. The van der Waals surface area contributed by atoms with Gasteiger partial charge in [0, 0.05) is 12.0 Å². The van der Waals surface area contributed by atoms with Crippen LogP contribution in [0.3, 0.4) is 0 Å². The quantitative estimate of drug-likeness (QED) is 0.607. The summed E-state index contributed by atoms with van der Waals surface area (Å²) >= 11 is 0. The number of hydrogen-bond acceptors (Lipinski definition) is 2. The third-order valence-corrected chi connectivity index (χ3v) is 4.92. The molecule has 0 radical (unpaired) electrons. The zero-order valence-electron chi connectivity index (χ0n) is 15.3. The fraction of sp³-hybridized carbons (Fsp3) is 0.250. The van der Waals surface area contributed by atoms with Crippen LogP contribution < -0.4 is 5.32 Å². The third-order valence-electron chi connectivity index (χ3n) is 4.92. The third kappa shape index (κ3) is 4.81. The van der Waals surface area contributed by atoms with Crippen molar-refractivity contribution in [3.8, 4) is 0 Å². The minimum atomic E-state index is -0.497. The first-order valence-corrected chi connectivity index (χ1v) is 9.32. The summed E-state index contributed by atoms with van der Waals surface area (Å²) in [5.74, 6) is 0.353. The van der Waals surface area contributed by atoms with Crippen molar-refractivity contribution in [1.82, 2.24) is 5.32 Å². The molecule has 2 nitrogen and oxygen atoms in total. The Labute approximate surface area is 156 Å². The van der Waals surface area contributed by atoms with Gasteiger partial charge in [0.25, 0.3) is 0 Å². The Hall–Kier alpha value is -2.42. The topological polar surface area (TPSA) is 32.3 Å². The van der Waals surface area contributed by atoms with Crippen LogP contribution in [-0.2, 0) is 0 Å². The largest absolute Gasteiger partial charge is 0.387 e. The van der Waals surface area contributed by atoms with Crippen molar-refractivity contribution in [3.63, 3.8) is 0 Å². The number of benzene rings is 3. The van der Waals surface area contributed by atoms with Gasteiger partial charge in [-0.25, -0.2) is 0 Å². The molecule has 0 unspecified atom stereocenters. The van der Waals surface area contributed by atoms with Gasteiger partial charge in [0.15, 0.2) is 0 Å². The van der Waals surface area contributed by atoms with Crippen molar-refractivity contribution < 1.29 is 5.11 Å². The van der Waals surface area contributed by atoms with E-state index in [4.69, 9.17) is 0 Å². The minimum Gasteiger partial charge on any atom is -0.387 e. The second-order valence-electron chi connectivity index (χ2n) is 6.76. The second-order valence-corrected chi connectivity index (χ2v) is 6.76. The molecule has 3 aromatic carbocycles. The van der Waals surface area contributed by atoms with E-state index in [1.54, 1.807) is 0 Å². The maximum absolute atomic E-state index is 10.5. The zero-order chi connectivity index (χ0) is 18.2. The lowest BCUT2D eigenvalue weighted by molar-refractivity contribution is 0.136. The average Bonchev–Trinajstić information content (AvgIpc) is 2.72. The molecule has 2 atom stereocenters. The normalized spacial score (nSPS) is 13.5. The first-order valence-electron chi connectivity index (χ1n) is 9.32. The van der Waals surface area contributed by atoms with Gasteiger partial charge in [-0.3, -0.25) is 0 Å². The van der Waals surface area contributed by atoms with Gasteiger partial charge in [0.2, 0.25) is 0 Å². The summed E-state index contributed by atoms with van der Waals surface area (Å²) in [6.45, 7) is 2.89. The van der Waals surface area contributed by atoms with E-state index in [1.807, 2.05) is 37.3 Å². The summed E-state index contributed by atoms with van der Waals surface area (Å²) in [5.41, 5.74) is 3.61. The van der Waals surface area contributed by atoms with E-state index in [2.05, 4.69) is 66.0 Å². The Morgan fingerprint density at radius 2 is 1.12 bits per heavy atom. The summed E-state index contributed by atoms with van der Waals surface area (Å²) in [5, 5.41) is 14.0. The van der Waals surface area contributed by atoms with Gasteiger partial charge in [0.05, 0.1) is 6.10 Å². The standard InChI is InChI=1S/C24H27NO/c1-19(24(26)22-15-9-4-10-16-22)25-18-17-23(20-11-5-2-6-12-20)21-13-7-3-8-14-21/h2-16,19,23-26H,17-18H2,1H3/t19-,24+/m1/s1. The lowest BCUT2D eigenvalue weighted by atomic mass is 9.88. The Morgan fingerprint density at radius 3 is 1.58 bits per heavy atom. The lowest BCUT2D eigenvalue weighted by Crippen LogP contribution is -2.33. The summed E-state index contributed by atoms with van der Waals surface area (Å²) in [7, 11) is 0. The van der Waals surface area contributed by atoms with Gasteiger partial charge in [0.1, 0.15) is 0 Å². The van der Waals surface area contributed by atoms with Gasteiger partial charge >= 0.3 is 0 Å². The molecule has 3 aromatic rings. The van der Waals surface area contributed by atoms with Crippen LogP contribution in [0.25, 0.3) is 0 Å². The SMILES string of the molecule is C[C@@H](NCCC(c1ccccc1)c1ccccc1)[C@H](O)c1ccccc1. The van der Waals surface area contributed by atoms with Gasteiger partial charge in [-0.2, -0.15) is 0 Å². The molecule has 2 N–H and O–H groups in total. The van der Waals surface area contributed by atoms with Gasteiger partial charge in [-0.15, -0.1) is 0 Å². The van der Waals surface area contributed by atoms with Crippen LogP contribution in [0, 0.1) is 0 Å². The molecule has 0 saturated heterocycles. The van der Waals surface area contributed by atoms with Gasteiger partial charge in [-0.1, -0.05) is 91.0 Å². The fourth-order valence-electron chi connectivity index (χ4n) is 3.40. The maximum atomic E-state index is 10.5. The lowest BCUT2D eigenvalue weighted by Gasteiger charge is -2.23. The number of nitrogens with one attached hydrogen (secondary N) is 1. The van der Waals surface area contributed by atoms with Crippen molar-refractivity contribution in [2.24, 2.45) is 0 Å². The Balaban J connectivity index is 1.63. The van der Waals surface area contributed by atoms with E-state index < -0.39 is 6.10 Å². The zero-order valence-corrected chi connectivity index (χ0v) is 15.3. The molecule has 3 rings (SSSR count). The number of aliphatic hydroxyl groups is 1. The molecule has 0 bridgehead atoms. The average molecular weight is 345 g/mol. The molecule has 26 heavy (non-hydrogen) atoms. The van der Waals surface area contributed by atoms with Crippen LogP contribution in [0.1, 0.15) is 42.1 Å². The van der Waals surface area contributed by atoms with Gasteiger partial charge < -0.3 is 10.4 Å². The van der Waals surface area contributed by atoms with E-state index in [1.165, 1.54) is 11.1 Å². The molecule has 0 aliphatic heterocycles. The molecule has 0 amide bonds. The van der Waals surface area contributed by atoms with Gasteiger partial charge in [-0.05, 0) is 36.6 Å². The van der Waals surface area contributed by atoms with Crippen LogP contribution in [0.15, 0.2) is 91.0 Å². The summed E-state index contributed by atoms with van der Waals surface area (Å²) in [6, 6.07) is 31.1. The van der Waals surface area contributed by atoms with E-state index in [-0.39, 0.29) is 6.04 Å². The van der Waals surface area contributed by atoms with Crippen LogP contribution >= 0.6 is 0 Å².